The van der Waals surface area contributed by atoms with Crippen LogP contribution in [0.15, 0.2) is 36.4 Å². The standard InChI is InChI=1S/C16H11ClF4O3.Na/c1-8(15(22)23)24-14-5-3-10(18)7-12(14)11-6-9(16(19,20)21)2-4-13(11)17;/h2-8H,1H3,(H,22,23);/q;+1/p-1/t8-;/m0./s1. The molecule has 2 aromatic rings. The van der Waals surface area contributed by atoms with Gasteiger partial charge in [0, 0.05) is 16.1 Å². The van der Waals surface area contributed by atoms with Crippen LogP contribution in [0.4, 0.5) is 17.6 Å². The number of ether oxygens (including phenoxy) is 1. The monoisotopic (exact) mass is 384 g/mol. The zero-order valence-electron chi connectivity index (χ0n) is 13.2. The van der Waals surface area contributed by atoms with Crippen molar-refractivity contribution in [2.45, 2.75) is 19.2 Å². The molecule has 9 heteroatoms. The smallest absolute Gasteiger partial charge is 0.546 e. The molecule has 0 aliphatic rings. The Labute approximate surface area is 167 Å². The second-order valence-corrected chi connectivity index (χ2v) is 5.32. The molecular weight excluding hydrogens is 375 g/mol. The van der Waals surface area contributed by atoms with Gasteiger partial charge in [-0.2, -0.15) is 13.2 Å². The van der Waals surface area contributed by atoms with Crippen LogP contribution in [0.25, 0.3) is 11.1 Å². The van der Waals surface area contributed by atoms with Gasteiger partial charge in [-0.3, -0.25) is 0 Å². The predicted octanol–water partition coefficient (Wildman–Crippen LogP) is 0.686. The summed E-state index contributed by atoms with van der Waals surface area (Å²) in [4.78, 5) is 10.8. The molecule has 2 rings (SSSR count). The van der Waals surface area contributed by atoms with Crippen molar-refractivity contribution >= 4 is 17.6 Å². The quantitative estimate of drug-likeness (QED) is 0.575. The predicted molar refractivity (Wildman–Crippen MR) is 76.9 cm³/mol. The molecule has 25 heavy (non-hydrogen) atoms. The molecule has 0 fully saturated rings. The van der Waals surface area contributed by atoms with Gasteiger partial charge in [0.2, 0.25) is 0 Å². The normalized spacial score (nSPS) is 12.2. The van der Waals surface area contributed by atoms with Crippen LogP contribution in [0, 0.1) is 5.82 Å². The molecule has 0 aliphatic heterocycles. The Morgan fingerprint density at radius 1 is 1.16 bits per heavy atom. The van der Waals surface area contributed by atoms with Crippen molar-refractivity contribution in [2.24, 2.45) is 0 Å². The van der Waals surface area contributed by atoms with Crippen LogP contribution in [0.1, 0.15) is 12.5 Å². The molecule has 0 aromatic heterocycles. The second-order valence-electron chi connectivity index (χ2n) is 4.91. The molecule has 0 spiro atoms. The van der Waals surface area contributed by atoms with Crippen LogP contribution in [-0.4, -0.2) is 12.1 Å². The van der Waals surface area contributed by atoms with Gasteiger partial charge in [-0.15, -0.1) is 0 Å². The summed E-state index contributed by atoms with van der Waals surface area (Å²) in [6.45, 7) is 1.18. The molecule has 0 N–H and O–H groups in total. The summed E-state index contributed by atoms with van der Waals surface area (Å²) >= 11 is 5.93. The van der Waals surface area contributed by atoms with Crippen LogP contribution >= 0.6 is 11.6 Å². The second kappa shape index (κ2) is 8.40. The third-order valence-corrected chi connectivity index (χ3v) is 3.49. The number of halogens is 5. The fourth-order valence-electron chi connectivity index (χ4n) is 1.96. The number of hydrogen-bond acceptors (Lipinski definition) is 3. The number of carboxylic acid groups (broad SMARTS) is 1. The zero-order valence-corrected chi connectivity index (χ0v) is 15.9. The number of alkyl halides is 3. The Balaban J connectivity index is 0.00000312. The van der Waals surface area contributed by atoms with Crippen LogP contribution in [0.5, 0.6) is 5.75 Å². The van der Waals surface area contributed by atoms with E-state index in [2.05, 4.69) is 0 Å². The maximum atomic E-state index is 13.5. The van der Waals surface area contributed by atoms with Gasteiger partial charge < -0.3 is 14.6 Å². The molecule has 0 aliphatic carbocycles. The van der Waals surface area contributed by atoms with E-state index in [0.29, 0.717) is 0 Å². The molecule has 0 radical (unpaired) electrons. The van der Waals surface area contributed by atoms with Crippen molar-refractivity contribution in [1.82, 2.24) is 0 Å². The van der Waals surface area contributed by atoms with Crippen LogP contribution in [0.3, 0.4) is 0 Å². The summed E-state index contributed by atoms with van der Waals surface area (Å²) in [5.74, 6) is -2.40. The summed E-state index contributed by atoms with van der Waals surface area (Å²) in [5, 5.41) is 10.7. The molecule has 0 unspecified atom stereocenters. The number of carbonyl (C=O) groups excluding carboxylic acids is 1. The zero-order chi connectivity index (χ0) is 18.1. The molecule has 1 atom stereocenters. The first-order chi connectivity index (χ1) is 11.1. The fraction of sp³-hybridized carbons (Fsp3) is 0.188. The van der Waals surface area contributed by atoms with Gasteiger partial charge >= 0.3 is 35.7 Å². The van der Waals surface area contributed by atoms with Crippen molar-refractivity contribution in [3.05, 3.63) is 52.8 Å². The molecular formula is C16H10ClF4NaO3. The van der Waals surface area contributed by atoms with Crippen LogP contribution in [-0.2, 0) is 11.0 Å². The topological polar surface area (TPSA) is 49.4 Å². The van der Waals surface area contributed by atoms with Crippen molar-refractivity contribution < 1.29 is 61.8 Å². The van der Waals surface area contributed by atoms with E-state index in [-0.39, 0.29) is 51.5 Å². The first-order valence-corrected chi connectivity index (χ1v) is 7.01. The van der Waals surface area contributed by atoms with Gasteiger partial charge in [0.05, 0.1) is 11.5 Å². The SMILES string of the molecule is C[C@H](Oc1ccc(F)cc1-c1cc(C(F)(F)F)ccc1Cl)C(=O)[O-].[Na+]. The van der Waals surface area contributed by atoms with Crippen molar-refractivity contribution in [2.75, 3.05) is 0 Å². The van der Waals surface area contributed by atoms with Crippen LogP contribution < -0.4 is 39.4 Å². The molecule has 0 bridgehead atoms. The van der Waals surface area contributed by atoms with E-state index in [1.54, 1.807) is 0 Å². The van der Waals surface area contributed by atoms with Crippen molar-refractivity contribution in [3.63, 3.8) is 0 Å². The number of rotatable bonds is 4. The molecule has 2 aromatic carbocycles. The first kappa shape index (κ1) is 21.8. The molecule has 0 saturated carbocycles. The third kappa shape index (κ3) is 5.34. The van der Waals surface area contributed by atoms with E-state index >= 15 is 0 Å². The van der Waals surface area contributed by atoms with Crippen LogP contribution in [0.2, 0.25) is 5.02 Å². The van der Waals surface area contributed by atoms with E-state index in [9.17, 15) is 27.5 Å². The van der Waals surface area contributed by atoms with E-state index in [1.807, 2.05) is 0 Å². The number of hydrogen-bond donors (Lipinski definition) is 0. The van der Waals surface area contributed by atoms with Crippen molar-refractivity contribution in [3.8, 4) is 16.9 Å². The van der Waals surface area contributed by atoms with Gasteiger partial charge in [-0.25, -0.2) is 4.39 Å². The largest absolute Gasteiger partial charge is 1.00 e. The summed E-state index contributed by atoms with van der Waals surface area (Å²) < 4.78 is 57.3. The third-order valence-electron chi connectivity index (χ3n) is 3.16. The summed E-state index contributed by atoms with van der Waals surface area (Å²) in [5.41, 5.74) is -1.21. The number of benzene rings is 2. The maximum Gasteiger partial charge on any atom is 1.00 e. The van der Waals surface area contributed by atoms with Gasteiger partial charge in [0.1, 0.15) is 17.7 Å². The summed E-state index contributed by atoms with van der Waals surface area (Å²) in [6, 6.07) is 5.57. The minimum Gasteiger partial charge on any atom is -0.546 e. The Kier molecular flexibility index (Phi) is 7.31. The number of aliphatic carboxylic acids is 1. The molecule has 0 saturated heterocycles. The minimum atomic E-state index is -4.62. The fourth-order valence-corrected chi connectivity index (χ4v) is 2.18. The first-order valence-electron chi connectivity index (χ1n) is 6.64. The summed E-state index contributed by atoms with van der Waals surface area (Å²) in [6.07, 6.45) is -6.01. The Morgan fingerprint density at radius 2 is 1.80 bits per heavy atom. The Morgan fingerprint density at radius 3 is 2.36 bits per heavy atom. The van der Waals surface area contributed by atoms with Gasteiger partial charge in [0.25, 0.3) is 0 Å². The average Bonchev–Trinajstić information content (AvgIpc) is 2.48. The van der Waals surface area contributed by atoms with E-state index < -0.39 is 29.6 Å². The minimum absolute atomic E-state index is 0. The van der Waals surface area contributed by atoms with E-state index in [4.69, 9.17) is 16.3 Å². The van der Waals surface area contributed by atoms with Gasteiger partial charge in [-0.1, -0.05) is 11.6 Å². The molecule has 0 amide bonds. The van der Waals surface area contributed by atoms with Crippen molar-refractivity contribution in [1.29, 1.82) is 0 Å². The van der Waals surface area contributed by atoms with E-state index in [1.165, 1.54) is 6.92 Å². The van der Waals surface area contributed by atoms with Gasteiger partial charge in [-0.05, 0) is 43.3 Å². The maximum absolute atomic E-state index is 13.5. The Bertz CT molecular complexity index is 780. The average molecular weight is 385 g/mol. The molecule has 0 heterocycles. The molecule has 128 valence electrons. The van der Waals surface area contributed by atoms with E-state index in [0.717, 1.165) is 36.4 Å². The Hall–Kier alpha value is -1.28. The summed E-state index contributed by atoms with van der Waals surface area (Å²) in [7, 11) is 0. The molecule has 3 nitrogen and oxygen atoms in total. The number of carboxylic acids is 1. The number of carbonyl (C=O) groups is 1. The van der Waals surface area contributed by atoms with Gasteiger partial charge in [0.15, 0.2) is 0 Å².